The lowest BCUT2D eigenvalue weighted by Crippen LogP contribution is -2.36. The zero-order valence-electron chi connectivity index (χ0n) is 17.0. The molecular weight excluding hydrogens is 374 g/mol. The first-order valence-electron chi connectivity index (χ1n) is 9.51. The van der Waals surface area contributed by atoms with Crippen molar-refractivity contribution in [3.8, 4) is 11.3 Å². The van der Waals surface area contributed by atoms with Gasteiger partial charge in [0.15, 0.2) is 5.78 Å². The Hall–Kier alpha value is -3.16. The highest BCUT2D eigenvalue weighted by Crippen LogP contribution is 2.34. The zero-order chi connectivity index (χ0) is 21.3. The number of likely N-dealkylation sites (tertiary alicyclic amines) is 1. The lowest BCUT2D eigenvalue weighted by molar-refractivity contribution is 0.0218. The third-order valence-electron chi connectivity index (χ3n) is 4.68. The van der Waals surface area contributed by atoms with Crippen molar-refractivity contribution in [2.24, 2.45) is 0 Å². The van der Waals surface area contributed by atoms with E-state index < -0.39 is 17.7 Å². The number of carboxylic acid groups (broad SMARTS) is 1. The number of aromatic nitrogens is 2. The van der Waals surface area contributed by atoms with Crippen molar-refractivity contribution in [1.29, 1.82) is 0 Å². The number of ketones is 1. The van der Waals surface area contributed by atoms with Crippen LogP contribution in [0.4, 0.5) is 4.79 Å². The molecule has 8 heteroatoms. The van der Waals surface area contributed by atoms with Crippen molar-refractivity contribution < 1.29 is 24.2 Å². The molecule has 1 fully saturated rings. The van der Waals surface area contributed by atoms with Crippen LogP contribution in [0, 0.1) is 0 Å². The summed E-state index contributed by atoms with van der Waals surface area (Å²) in [5.74, 6) is -0.691. The smallest absolute Gasteiger partial charge is 0.410 e. The number of aromatic amines is 1. The maximum absolute atomic E-state index is 12.6. The Morgan fingerprint density at radius 2 is 1.86 bits per heavy atom. The second-order valence-corrected chi connectivity index (χ2v) is 8.12. The third-order valence-corrected chi connectivity index (χ3v) is 4.68. The first-order valence-corrected chi connectivity index (χ1v) is 9.51. The van der Waals surface area contributed by atoms with Gasteiger partial charge in [0.05, 0.1) is 17.3 Å². The number of imidazole rings is 1. The summed E-state index contributed by atoms with van der Waals surface area (Å²) < 4.78 is 5.50. The molecule has 1 amide bonds. The first kappa shape index (κ1) is 20.6. The molecule has 8 nitrogen and oxygen atoms in total. The lowest BCUT2D eigenvalue weighted by atomic mass is 10.1. The fourth-order valence-electron chi connectivity index (χ4n) is 3.37. The Kier molecular flexibility index (Phi) is 5.46. The topological polar surface area (TPSA) is 113 Å². The van der Waals surface area contributed by atoms with Crippen LogP contribution in [0.2, 0.25) is 0 Å². The van der Waals surface area contributed by atoms with Crippen LogP contribution in [0.25, 0.3) is 11.3 Å². The molecule has 0 saturated carbocycles. The third kappa shape index (κ3) is 4.47. The van der Waals surface area contributed by atoms with Gasteiger partial charge in [0, 0.05) is 19.0 Å². The number of carbonyl (C=O) groups is 3. The Morgan fingerprint density at radius 3 is 2.41 bits per heavy atom. The predicted molar refractivity (Wildman–Crippen MR) is 106 cm³/mol. The number of amides is 1. The molecule has 2 heterocycles. The average molecular weight is 399 g/mol. The fraction of sp³-hybridized carbons (Fsp3) is 0.429. The van der Waals surface area contributed by atoms with Crippen molar-refractivity contribution >= 4 is 17.8 Å². The molecule has 0 bridgehead atoms. The molecular formula is C21H25N3O5. The van der Waals surface area contributed by atoms with E-state index >= 15 is 0 Å². The second-order valence-electron chi connectivity index (χ2n) is 8.12. The molecule has 1 aliphatic rings. The molecule has 0 spiro atoms. The van der Waals surface area contributed by atoms with Gasteiger partial charge in [-0.05, 0) is 45.7 Å². The van der Waals surface area contributed by atoms with Gasteiger partial charge in [0.1, 0.15) is 17.1 Å². The van der Waals surface area contributed by atoms with Crippen molar-refractivity contribution in [2.75, 3.05) is 6.54 Å². The van der Waals surface area contributed by atoms with Gasteiger partial charge < -0.3 is 14.8 Å². The van der Waals surface area contributed by atoms with E-state index in [1.165, 1.54) is 19.1 Å². The number of benzene rings is 1. The minimum atomic E-state index is -1.02. The van der Waals surface area contributed by atoms with Gasteiger partial charge in [-0.15, -0.1) is 0 Å². The van der Waals surface area contributed by atoms with Crippen LogP contribution in [0.5, 0.6) is 0 Å². The van der Waals surface area contributed by atoms with Crippen LogP contribution in [-0.4, -0.2) is 50.0 Å². The number of H-pyrrole nitrogens is 1. The highest BCUT2D eigenvalue weighted by molar-refractivity contribution is 5.98. The van der Waals surface area contributed by atoms with Gasteiger partial charge in [-0.3, -0.25) is 9.69 Å². The van der Waals surface area contributed by atoms with E-state index in [9.17, 15) is 14.4 Å². The number of hydrogen-bond acceptors (Lipinski definition) is 5. The molecule has 0 unspecified atom stereocenters. The van der Waals surface area contributed by atoms with Crippen LogP contribution >= 0.6 is 0 Å². The quantitative estimate of drug-likeness (QED) is 0.750. The zero-order valence-corrected chi connectivity index (χ0v) is 17.0. The van der Waals surface area contributed by atoms with Crippen LogP contribution in [0.15, 0.2) is 24.3 Å². The van der Waals surface area contributed by atoms with E-state index in [2.05, 4.69) is 9.97 Å². The molecule has 2 aromatic rings. The molecule has 29 heavy (non-hydrogen) atoms. The van der Waals surface area contributed by atoms with Gasteiger partial charge >= 0.3 is 12.1 Å². The standard InChI is InChI=1S/C21H25N3O5/c1-12(25)16-17(13-7-9-14(10-8-13)19(26)27)23-18(22-16)15-6-5-11-24(15)20(28)29-21(2,3)4/h7-10,15H,5-6,11H2,1-4H3,(H,22,23)(H,26,27)/t15-/m0/s1. The minimum absolute atomic E-state index is 0.153. The molecule has 0 aliphatic carbocycles. The molecule has 1 saturated heterocycles. The summed E-state index contributed by atoms with van der Waals surface area (Å²) >= 11 is 0. The minimum Gasteiger partial charge on any atom is -0.478 e. The van der Waals surface area contributed by atoms with Crippen molar-refractivity contribution in [1.82, 2.24) is 14.9 Å². The van der Waals surface area contributed by atoms with E-state index in [0.29, 0.717) is 35.7 Å². The molecule has 3 rings (SSSR count). The van der Waals surface area contributed by atoms with E-state index in [0.717, 1.165) is 6.42 Å². The Morgan fingerprint density at radius 1 is 1.21 bits per heavy atom. The summed E-state index contributed by atoms with van der Waals surface area (Å²) in [5.41, 5.74) is 0.958. The number of rotatable bonds is 4. The number of nitrogens with one attached hydrogen (secondary N) is 1. The number of Topliss-reactive ketones (excluding diaryl/α,β-unsaturated/α-hetero) is 1. The Labute approximate surface area is 168 Å². The number of carbonyl (C=O) groups excluding carboxylic acids is 2. The van der Waals surface area contributed by atoms with Crippen molar-refractivity contribution in [3.05, 3.63) is 41.3 Å². The molecule has 154 valence electrons. The number of aromatic carboxylic acids is 1. The van der Waals surface area contributed by atoms with Crippen molar-refractivity contribution in [2.45, 2.75) is 52.2 Å². The molecule has 1 aromatic carbocycles. The van der Waals surface area contributed by atoms with Crippen LogP contribution < -0.4 is 0 Å². The molecule has 0 radical (unpaired) electrons. The Balaban J connectivity index is 1.94. The largest absolute Gasteiger partial charge is 0.478 e. The number of ether oxygens (including phenoxy) is 1. The predicted octanol–water partition coefficient (Wildman–Crippen LogP) is 4.05. The number of carboxylic acids is 1. The summed E-state index contributed by atoms with van der Waals surface area (Å²) in [4.78, 5) is 45.2. The average Bonchev–Trinajstić information content (AvgIpc) is 3.27. The van der Waals surface area contributed by atoms with Crippen molar-refractivity contribution in [3.63, 3.8) is 0 Å². The summed E-state index contributed by atoms with van der Waals surface area (Å²) in [7, 11) is 0. The Bertz CT molecular complexity index is 940. The van der Waals surface area contributed by atoms with Gasteiger partial charge in [-0.2, -0.15) is 0 Å². The monoisotopic (exact) mass is 399 g/mol. The highest BCUT2D eigenvalue weighted by Gasteiger charge is 2.35. The second kappa shape index (κ2) is 7.69. The fourth-order valence-corrected chi connectivity index (χ4v) is 3.37. The number of nitrogens with zero attached hydrogens (tertiary/aromatic N) is 2. The van der Waals surface area contributed by atoms with Gasteiger partial charge in [-0.1, -0.05) is 12.1 Å². The normalized spacial score (nSPS) is 16.7. The van der Waals surface area contributed by atoms with Crippen LogP contribution in [-0.2, 0) is 4.74 Å². The summed E-state index contributed by atoms with van der Waals surface area (Å²) in [6.45, 7) is 7.44. The lowest BCUT2D eigenvalue weighted by Gasteiger charge is -2.27. The van der Waals surface area contributed by atoms with Gasteiger partial charge in [-0.25, -0.2) is 14.6 Å². The van der Waals surface area contributed by atoms with Crippen LogP contribution in [0.1, 0.15) is 73.2 Å². The molecule has 1 atom stereocenters. The maximum atomic E-state index is 12.6. The van der Waals surface area contributed by atoms with E-state index in [4.69, 9.17) is 9.84 Å². The molecule has 1 aromatic heterocycles. The van der Waals surface area contributed by atoms with E-state index in [1.54, 1.807) is 17.0 Å². The first-order chi connectivity index (χ1) is 13.6. The number of hydrogen-bond donors (Lipinski definition) is 2. The summed E-state index contributed by atoms with van der Waals surface area (Å²) in [5, 5.41) is 9.07. The maximum Gasteiger partial charge on any atom is 0.410 e. The van der Waals surface area contributed by atoms with Crippen LogP contribution in [0.3, 0.4) is 0 Å². The molecule has 1 aliphatic heterocycles. The van der Waals surface area contributed by atoms with E-state index in [1.807, 2.05) is 20.8 Å². The molecule has 2 N–H and O–H groups in total. The summed E-state index contributed by atoms with van der Waals surface area (Å²) in [6.07, 6.45) is 1.11. The summed E-state index contributed by atoms with van der Waals surface area (Å²) in [6, 6.07) is 5.87. The van der Waals surface area contributed by atoms with Gasteiger partial charge in [0.25, 0.3) is 0 Å². The van der Waals surface area contributed by atoms with Gasteiger partial charge in [0.2, 0.25) is 0 Å². The van der Waals surface area contributed by atoms with E-state index in [-0.39, 0.29) is 17.4 Å². The SMILES string of the molecule is CC(=O)c1[nH]c([C@@H]2CCCN2C(=O)OC(C)(C)C)nc1-c1ccc(C(=O)O)cc1. The highest BCUT2D eigenvalue weighted by atomic mass is 16.6.